The van der Waals surface area contributed by atoms with E-state index in [4.69, 9.17) is 20.6 Å². The number of rotatable bonds is 5. The molecule has 0 aliphatic carbocycles. The van der Waals surface area contributed by atoms with Crippen LogP contribution in [0.3, 0.4) is 0 Å². The highest BCUT2D eigenvalue weighted by molar-refractivity contribution is 5.13. The van der Waals surface area contributed by atoms with Crippen LogP contribution in [0.5, 0.6) is 0 Å². The number of ether oxygens (including phenoxy) is 3. The van der Waals surface area contributed by atoms with Crippen molar-refractivity contribution in [2.24, 2.45) is 0 Å². The van der Waals surface area contributed by atoms with Gasteiger partial charge in [0.1, 0.15) is 6.10 Å². The molecule has 20 heavy (non-hydrogen) atoms. The molecule has 1 aliphatic heterocycles. The topological polar surface area (TPSA) is 27.7 Å². The molecule has 3 nitrogen and oxygen atoms in total. The minimum atomic E-state index is -0.612. The molecule has 0 spiro atoms. The van der Waals surface area contributed by atoms with Crippen molar-refractivity contribution in [3.63, 3.8) is 0 Å². The highest BCUT2D eigenvalue weighted by atomic mass is 16.7. The van der Waals surface area contributed by atoms with E-state index in [-0.39, 0.29) is 12.2 Å². The summed E-state index contributed by atoms with van der Waals surface area (Å²) in [7, 11) is 0. The van der Waals surface area contributed by atoms with Crippen molar-refractivity contribution >= 4 is 0 Å². The number of hydrogen-bond donors (Lipinski definition) is 0. The maximum Gasteiger partial charge on any atom is 0.164 e. The van der Waals surface area contributed by atoms with Crippen molar-refractivity contribution in [3.8, 4) is 12.3 Å². The molecule has 0 radical (unpaired) electrons. The first-order valence-electron chi connectivity index (χ1n) is 7.02. The quantitative estimate of drug-likeness (QED) is 0.610. The zero-order valence-electron chi connectivity index (χ0n) is 12.2. The number of hydrogen-bond acceptors (Lipinski definition) is 3. The van der Waals surface area contributed by atoms with Crippen LogP contribution in [0.1, 0.15) is 32.3 Å². The van der Waals surface area contributed by atoms with Crippen molar-refractivity contribution < 1.29 is 14.2 Å². The Labute approximate surface area is 121 Å². The van der Waals surface area contributed by atoms with Crippen molar-refractivity contribution in [3.05, 3.63) is 35.9 Å². The zero-order chi connectivity index (χ0) is 14.4. The van der Waals surface area contributed by atoms with Crippen molar-refractivity contribution in [1.29, 1.82) is 0 Å². The molecule has 0 bridgehead atoms. The molecule has 108 valence electrons. The van der Waals surface area contributed by atoms with Crippen LogP contribution in [0.25, 0.3) is 0 Å². The summed E-state index contributed by atoms with van der Waals surface area (Å²) >= 11 is 0. The molecule has 1 saturated heterocycles. The lowest BCUT2D eigenvalue weighted by molar-refractivity contribution is -0.290. The minimum absolute atomic E-state index is 0.0931. The smallest absolute Gasteiger partial charge is 0.164 e. The van der Waals surface area contributed by atoms with Crippen LogP contribution in [0.2, 0.25) is 0 Å². The Morgan fingerprint density at radius 1 is 1.30 bits per heavy atom. The molecule has 2 rings (SSSR count). The Morgan fingerprint density at radius 3 is 2.75 bits per heavy atom. The monoisotopic (exact) mass is 274 g/mol. The normalized spacial score (nSPS) is 25.1. The Bertz CT molecular complexity index is 447. The average Bonchev–Trinajstić information content (AvgIpc) is 2.43. The van der Waals surface area contributed by atoms with Gasteiger partial charge in [-0.05, 0) is 25.8 Å². The first-order valence-corrected chi connectivity index (χ1v) is 7.02. The lowest BCUT2D eigenvalue weighted by Crippen LogP contribution is -2.44. The second-order valence-electron chi connectivity index (χ2n) is 5.48. The Hall–Kier alpha value is -1.34. The first-order chi connectivity index (χ1) is 9.59. The van der Waals surface area contributed by atoms with Gasteiger partial charge in [0.05, 0.1) is 12.7 Å². The van der Waals surface area contributed by atoms with E-state index in [1.54, 1.807) is 0 Å². The van der Waals surface area contributed by atoms with Gasteiger partial charge >= 0.3 is 0 Å². The van der Waals surface area contributed by atoms with Gasteiger partial charge in [-0.25, -0.2) is 0 Å². The highest BCUT2D eigenvalue weighted by Crippen LogP contribution is 2.27. The van der Waals surface area contributed by atoms with E-state index in [1.165, 1.54) is 5.56 Å². The van der Waals surface area contributed by atoms with Crippen LogP contribution in [0, 0.1) is 12.3 Å². The first kappa shape index (κ1) is 15.1. The van der Waals surface area contributed by atoms with Crippen LogP contribution in [-0.4, -0.2) is 24.6 Å². The molecule has 0 amide bonds. The van der Waals surface area contributed by atoms with E-state index in [0.29, 0.717) is 13.2 Å². The summed E-state index contributed by atoms with van der Waals surface area (Å²) in [6, 6.07) is 10.1. The molecular weight excluding hydrogens is 252 g/mol. The Balaban J connectivity index is 1.72. The fourth-order valence-electron chi connectivity index (χ4n) is 2.36. The van der Waals surface area contributed by atoms with Crippen molar-refractivity contribution in [2.75, 3.05) is 6.61 Å². The van der Waals surface area contributed by atoms with E-state index >= 15 is 0 Å². The zero-order valence-corrected chi connectivity index (χ0v) is 12.2. The molecule has 0 saturated carbocycles. The summed E-state index contributed by atoms with van der Waals surface area (Å²) < 4.78 is 17.2. The summed E-state index contributed by atoms with van der Waals surface area (Å²) in [6.45, 7) is 5.08. The second-order valence-corrected chi connectivity index (χ2v) is 5.48. The fraction of sp³-hybridized carbons (Fsp3) is 0.529. The van der Waals surface area contributed by atoms with E-state index < -0.39 is 5.79 Å². The van der Waals surface area contributed by atoms with Gasteiger partial charge in [-0.1, -0.05) is 36.3 Å². The summed E-state index contributed by atoms with van der Waals surface area (Å²) in [5.41, 5.74) is 1.18. The third-order valence-corrected chi connectivity index (χ3v) is 3.24. The molecular formula is C17H22O3. The van der Waals surface area contributed by atoms with Crippen LogP contribution in [0.15, 0.2) is 30.3 Å². The molecule has 1 aromatic rings. The van der Waals surface area contributed by atoms with Gasteiger partial charge in [0, 0.05) is 13.0 Å². The number of terminal acetylenes is 1. The standard InChI is InChI=1S/C17H22O3/c1-4-15-12-16(20-17(2,3)19-15)10-11-18-13-14-8-6-5-7-9-14/h1,5-9,15-16H,10-13H2,2-3H3/t15-,16+/m1/s1. The van der Waals surface area contributed by atoms with Crippen molar-refractivity contribution in [1.82, 2.24) is 0 Å². The minimum Gasteiger partial charge on any atom is -0.377 e. The lowest BCUT2D eigenvalue weighted by atomic mass is 10.1. The fourth-order valence-corrected chi connectivity index (χ4v) is 2.36. The SMILES string of the molecule is C#C[C@@H]1C[C@H](CCOCc2ccccc2)OC(C)(C)O1. The van der Waals surface area contributed by atoms with Gasteiger partial charge in [-0.3, -0.25) is 0 Å². The van der Waals surface area contributed by atoms with Gasteiger partial charge in [0.2, 0.25) is 0 Å². The van der Waals surface area contributed by atoms with Gasteiger partial charge in [-0.15, -0.1) is 6.42 Å². The summed E-state index contributed by atoms with van der Waals surface area (Å²) in [4.78, 5) is 0. The molecule has 0 N–H and O–H groups in total. The molecule has 1 aliphatic rings. The Kier molecular flexibility index (Phi) is 5.19. The highest BCUT2D eigenvalue weighted by Gasteiger charge is 2.34. The van der Waals surface area contributed by atoms with Crippen LogP contribution < -0.4 is 0 Å². The third kappa shape index (κ3) is 4.64. The molecule has 0 aromatic heterocycles. The lowest BCUT2D eigenvalue weighted by Gasteiger charge is -2.39. The summed E-state index contributed by atoms with van der Waals surface area (Å²) in [5.74, 6) is 2.05. The van der Waals surface area contributed by atoms with Gasteiger partial charge in [0.15, 0.2) is 5.79 Å². The molecule has 1 fully saturated rings. The molecule has 1 heterocycles. The summed E-state index contributed by atoms with van der Waals surface area (Å²) in [5, 5.41) is 0. The van der Waals surface area contributed by atoms with E-state index in [0.717, 1.165) is 12.8 Å². The third-order valence-electron chi connectivity index (χ3n) is 3.24. The predicted octanol–water partition coefficient (Wildman–Crippen LogP) is 3.14. The van der Waals surface area contributed by atoms with Crippen LogP contribution in [-0.2, 0) is 20.8 Å². The van der Waals surface area contributed by atoms with Crippen LogP contribution >= 0.6 is 0 Å². The molecule has 2 atom stereocenters. The predicted molar refractivity (Wildman–Crippen MR) is 78.0 cm³/mol. The largest absolute Gasteiger partial charge is 0.377 e. The number of benzene rings is 1. The van der Waals surface area contributed by atoms with E-state index in [1.807, 2.05) is 32.0 Å². The second kappa shape index (κ2) is 6.90. The summed E-state index contributed by atoms with van der Waals surface area (Å²) in [6.07, 6.45) is 6.94. The van der Waals surface area contributed by atoms with E-state index in [2.05, 4.69) is 18.1 Å². The maximum atomic E-state index is 5.86. The molecule has 0 unspecified atom stereocenters. The maximum absolute atomic E-state index is 5.86. The van der Waals surface area contributed by atoms with Gasteiger partial charge < -0.3 is 14.2 Å². The van der Waals surface area contributed by atoms with Gasteiger partial charge in [-0.2, -0.15) is 0 Å². The molecule has 3 heteroatoms. The average molecular weight is 274 g/mol. The Morgan fingerprint density at radius 2 is 2.05 bits per heavy atom. The van der Waals surface area contributed by atoms with E-state index in [9.17, 15) is 0 Å². The molecule has 1 aromatic carbocycles. The van der Waals surface area contributed by atoms with Gasteiger partial charge in [0.25, 0.3) is 0 Å². The van der Waals surface area contributed by atoms with Crippen LogP contribution in [0.4, 0.5) is 0 Å². The van der Waals surface area contributed by atoms with Crippen molar-refractivity contribution in [2.45, 2.75) is 51.3 Å².